The monoisotopic (exact) mass is 279 g/mol. The van der Waals surface area contributed by atoms with Gasteiger partial charge in [0.05, 0.1) is 10.4 Å². The summed E-state index contributed by atoms with van der Waals surface area (Å²) in [7, 11) is -3.53. The van der Waals surface area contributed by atoms with Crippen LogP contribution in [0.25, 0.3) is 10.9 Å². The van der Waals surface area contributed by atoms with Gasteiger partial charge < -0.3 is 5.73 Å². The number of nitrogens with zero attached hydrogens (tertiary/aromatic N) is 2. The molecule has 2 aromatic rings. The van der Waals surface area contributed by atoms with Gasteiger partial charge in [0.1, 0.15) is 0 Å². The Kier molecular flexibility index (Phi) is 4.14. The molecule has 0 spiro atoms. The largest absolute Gasteiger partial charge is 0.329 e. The first kappa shape index (κ1) is 13.9. The van der Waals surface area contributed by atoms with Crippen molar-refractivity contribution in [2.75, 3.05) is 19.6 Å². The quantitative estimate of drug-likeness (QED) is 0.892. The first-order valence-electron chi connectivity index (χ1n) is 6.15. The number of sulfonamides is 1. The number of fused-ring (bicyclic) bond motifs is 1. The molecule has 2 rings (SSSR count). The maximum Gasteiger partial charge on any atom is 0.243 e. The fraction of sp³-hybridized carbons (Fsp3) is 0.308. The SMILES string of the molecule is CCN(CCN)S(=O)(=O)c1cccc2ncccc12. The normalized spacial score (nSPS) is 12.2. The van der Waals surface area contributed by atoms with Gasteiger partial charge in [0.2, 0.25) is 10.0 Å². The van der Waals surface area contributed by atoms with Gasteiger partial charge in [-0.2, -0.15) is 4.31 Å². The summed E-state index contributed by atoms with van der Waals surface area (Å²) in [5.41, 5.74) is 6.15. The third-order valence-electron chi connectivity index (χ3n) is 2.95. The predicted molar refractivity (Wildman–Crippen MR) is 75.2 cm³/mol. The molecule has 0 aliphatic carbocycles. The molecule has 5 nitrogen and oxygen atoms in total. The fourth-order valence-electron chi connectivity index (χ4n) is 2.03. The van der Waals surface area contributed by atoms with Crippen molar-refractivity contribution in [2.24, 2.45) is 5.73 Å². The van der Waals surface area contributed by atoms with Crippen LogP contribution in [0.4, 0.5) is 0 Å². The Morgan fingerprint density at radius 3 is 2.74 bits per heavy atom. The van der Waals surface area contributed by atoms with Crippen LogP contribution in [0.2, 0.25) is 0 Å². The van der Waals surface area contributed by atoms with Crippen molar-refractivity contribution in [3.8, 4) is 0 Å². The first-order valence-corrected chi connectivity index (χ1v) is 7.59. The van der Waals surface area contributed by atoms with E-state index in [2.05, 4.69) is 4.98 Å². The first-order chi connectivity index (χ1) is 9.11. The number of hydrogen-bond acceptors (Lipinski definition) is 4. The summed E-state index contributed by atoms with van der Waals surface area (Å²) >= 11 is 0. The van der Waals surface area contributed by atoms with Gasteiger partial charge in [-0.1, -0.05) is 13.0 Å². The topological polar surface area (TPSA) is 76.3 Å². The highest BCUT2D eigenvalue weighted by atomic mass is 32.2. The van der Waals surface area contributed by atoms with Crippen LogP contribution in [0.3, 0.4) is 0 Å². The Balaban J connectivity index is 2.60. The van der Waals surface area contributed by atoms with Crippen LogP contribution in [0.1, 0.15) is 6.92 Å². The van der Waals surface area contributed by atoms with Gasteiger partial charge >= 0.3 is 0 Å². The van der Waals surface area contributed by atoms with E-state index in [0.717, 1.165) is 0 Å². The van der Waals surface area contributed by atoms with E-state index in [-0.39, 0.29) is 4.90 Å². The summed E-state index contributed by atoms with van der Waals surface area (Å²) in [6.45, 7) is 2.82. The molecule has 102 valence electrons. The molecule has 0 aliphatic rings. The molecule has 0 saturated carbocycles. The van der Waals surface area contributed by atoms with Crippen LogP contribution in [-0.4, -0.2) is 37.3 Å². The molecule has 0 saturated heterocycles. The summed E-state index contributed by atoms with van der Waals surface area (Å²) in [6.07, 6.45) is 1.65. The molecule has 19 heavy (non-hydrogen) atoms. The minimum absolute atomic E-state index is 0.286. The summed E-state index contributed by atoms with van der Waals surface area (Å²) in [6, 6.07) is 8.62. The lowest BCUT2D eigenvalue weighted by Gasteiger charge is -2.20. The van der Waals surface area contributed by atoms with Crippen molar-refractivity contribution in [3.05, 3.63) is 36.5 Å². The predicted octanol–water partition coefficient (Wildman–Crippen LogP) is 1.20. The van der Waals surface area contributed by atoms with E-state index in [1.165, 1.54) is 4.31 Å². The number of aromatic nitrogens is 1. The molecule has 2 N–H and O–H groups in total. The molecular weight excluding hydrogens is 262 g/mol. The lowest BCUT2D eigenvalue weighted by atomic mass is 10.2. The number of likely N-dealkylation sites (N-methyl/N-ethyl adjacent to an activating group) is 1. The Hall–Kier alpha value is -1.50. The Labute approximate surface area is 113 Å². The highest BCUT2D eigenvalue weighted by Crippen LogP contribution is 2.24. The molecule has 6 heteroatoms. The van der Waals surface area contributed by atoms with E-state index in [1.807, 2.05) is 0 Å². The third-order valence-corrected chi connectivity index (χ3v) is 4.99. The second kappa shape index (κ2) is 5.64. The molecule has 0 atom stereocenters. The lowest BCUT2D eigenvalue weighted by Crippen LogP contribution is -2.35. The van der Waals surface area contributed by atoms with Gasteiger partial charge in [-0.3, -0.25) is 4.98 Å². The summed E-state index contributed by atoms with van der Waals surface area (Å²) in [5.74, 6) is 0. The molecule has 0 amide bonds. The summed E-state index contributed by atoms with van der Waals surface area (Å²) in [4.78, 5) is 4.46. The molecule has 0 bridgehead atoms. The van der Waals surface area contributed by atoms with E-state index in [1.54, 1.807) is 43.5 Å². The maximum absolute atomic E-state index is 12.6. The molecule has 1 heterocycles. The van der Waals surface area contributed by atoms with E-state index in [9.17, 15) is 8.42 Å². The van der Waals surface area contributed by atoms with E-state index >= 15 is 0 Å². The zero-order valence-electron chi connectivity index (χ0n) is 10.8. The van der Waals surface area contributed by atoms with Crippen LogP contribution in [0.5, 0.6) is 0 Å². The van der Waals surface area contributed by atoms with E-state index in [4.69, 9.17) is 5.73 Å². The minimum Gasteiger partial charge on any atom is -0.329 e. The van der Waals surface area contributed by atoms with Crippen LogP contribution in [0.15, 0.2) is 41.4 Å². The van der Waals surface area contributed by atoms with Gasteiger partial charge in [0, 0.05) is 31.2 Å². The molecule has 0 unspecified atom stereocenters. The summed E-state index contributed by atoms with van der Waals surface area (Å²) < 4.78 is 26.6. The lowest BCUT2D eigenvalue weighted by molar-refractivity contribution is 0.436. The number of pyridine rings is 1. The van der Waals surface area contributed by atoms with E-state index < -0.39 is 10.0 Å². The number of benzene rings is 1. The minimum atomic E-state index is -3.53. The number of hydrogen-bond donors (Lipinski definition) is 1. The van der Waals surface area contributed by atoms with Gasteiger partial charge in [-0.25, -0.2) is 8.42 Å². The Morgan fingerprint density at radius 2 is 2.05 bits per heavy atom. The zero-order valence-corrected chi connectivity index (χ0v) is 11.6. The van der Waals surface area contributed by atoms with Gasteiger partial charge in [-0.05, 0) is 24.3 Å². The highest BCUT2D eigenvalue weighted by Gasteiger charge is 2.24. The average molecular weight is 279 g/mol. The van der Waals surface area contributed by atoms with Crippen LogP contribution >= 0.6 is 0 Å². The zero-order chi connectivity index (χ0) is 13.9. The van der Waals surface area contributed by atoms with Gasteiger partial charge in [0.15, 0.2) is 0 Å². The van der Waals surface area contributed by atoms with Crippen molar-refractivity contribution in [2.45, 2.75) is 11.8 Å². The summed E-state index contributed by atoms with van der Waals surface area (Å²) in [5, 5.41) is 0.639. The highest BCUT2D eigenvalue weighted by molar-refractivity contribution is 7.89. The van der Waals surface area contributed by atoms with Crippen molar-refractivity contribution in [1.29, 1.82) is 0 Å². The Morgan fingerprint density at radius 1 is 1.26 bits per heavy atom. The van der Waals surface area contributed by atoms with Gasteiger partial charge in [0.25, 0.3) is 0 Å². The second-order valence-electron chi connectivity index (χ2n) is 4.11. The average Bonchev–Trinajstić information content (AvgIpc) is 2.43. The fourth-order valence-corrected chi connectivity index (χ4v) is 3.70. The van der Waals surface area contributed by atoms with Crippen molar-refractivity contribution < 1.29 is 8.42 Å². The molecule has 1 aromatic carbocycles. The van der Waals surface area contributed by atoms with E-state index in [0.29, 0.717) is 30.5 Å². The standard InChI is InChI=1S/C13H17N3O2S/c1-2-16(10-8-14)19(17,18)13-7-3-6-12-11(13)5-4-9-15-12/h3-7,9H,2,8,10,14H2,1H3. The smallest absolute Gasteiger partial charge is 0.243 e. The number of rotatable bonds is 5. The van der Waals surface area contributed by atoms with Crippen molar-refractivity contribution in [3.63, 3.8) is 0 Å². The maximum atomic E-state index is 12.6. The van der Waals surface area contributed by atoms with Crippen LogP contribution in [-0.2, 0) is 10.0 Å². The number of nitrogens with two attached hydrogens (primary N) is 1. The third kappa shape index (κ3) is 2.60. The van der Waals surface area contributed by atoms with Crippen LogP contribution < -0.4 is 5.73 Å². The molecule has 0 fully saturated rings. The van der Waals surface area contributed by atoms with Crippen molar-refractivity contribution >= 4 is 20.9 Å². The van der Waals surface area contributed by atoms with Crippen LogP contribution in [0, 0.1) is 0 Å². The Bertz CT molecular complexity index is 665. The molecule has 1 aromatic heterocycles. The molecular formula is C13H17N3O2S. The van der Waals surface area contributed by atoms with Crippen molar-refractivity contribution in [1.82, 2.24) is 9.29 Å². The molecule has 0 aliphatic heterocycles. The second-order valence-corrected chi connectivity index (χ2v) is 6.02. The molecule has 0 radical (unpaired) electrons. The van der Waals surface area contributed by atoms with Gasteiger partial charge in [-0.15, -0.1) is 0 Å².